The van der Waals surface area contributed by atoms with Crippen LogP contribution in [0.5, 0.6) is 11.5 Å². The molecule has 5 rings (SSSR count). The lowest BCUT2D eigenvalue weighted by atomic mass is 10.0. The summed E-state index contributed by atoms with van der Waals surface area (Å²) in [7, 11) is -1.26. The van der Waals surface area contributed by atoms with Gasteiger partial charge in [0.1, 0.15) is 36.1 Å². The van der Waals surface area contributed by atoms with Gasteiger partial charge in [-0.2, -0.15) is 0 Å². The lowest BCUT2D eigenvalue weighted by molar-refractivity contribution is -0.143. The van der Waals surface area contributed by atoms with Crippen molar-refractivity contribution in [2.24, 2.45) is 0 Å². The number of esters is 2. The van der Waals surface area contributed by atoms with E-state index in [2.05, 4.69) is 9.71 Å². The molecule has 0 unspecified atom stereocenters. The van der Waals surface area contributed by atoms with Gasteiger partial charge in [0.15, 0.2) is 0 Å². The van der Waals surface area contributed by atoms with Gasteiger partial charge < -0.3 is 23.4 Å². The van der Waals surface area contributed by atoms with E-state index in [1.165, 1.54) is 0 Å². The molecule has 0 saturated carbocycles. The summed E-state index contributed by atoms with van der Waals surface area (Å²) >= 11 is 0. The van der Waals surface area contributed by atoms with E-state index in [4.69, 9.17) is 23.4 Å². The number of furan rings is 1. The standard InChI is InChI=1S/C40H44N2O8S/c1-6-46-37(43)22-29-12-8-10-14-35(29)48-25-27-18-31-21-33(26-49-36-15-11-9-13-30(36)23-38(44)47-7-2)50-39(31)34(19-27)28-16-17-41-32(20-28)24-42-51(45)40(3,4)5/h8-21,42H,6-7,22-26H2,1-5H3/t51-/m0/s1. The van der Waals surface area contributed by atoms with Crippen LogP contribution in [0.15, 0.2) is 89.5 Å². The van der Waals surface area contributed by atoms with E-state index in [1.807, 2.05) is 99.6 Å². The second kappa shape index (κ2) is 17.3. The molecule has 3 aromatic carbocycles. The molecule has 5 aromatic rings. The summed E-state index contributed by atoms with van der Waals surface area (Å²) in [5, 5.41) is 0.842. The third-order valence-electron chi connectivity index (χ3n) is 7.78. The summed E-state index contributed by atoms with van der Waals surface area (Å²) in [5.41, 5.74) is 5.40. The highest BCUT2D eigenvalue weighted by atomic mass is 32.2. The molecule has 268 valence electrons. The van der Waals surface area contributed by atoms with Crippen LogP contribution in [0.2, 0.25) is 0 Å². The molecular formula is C40H44N2O8S. The Morgan fingerprint density at radius 3 is 2.02 bits per heavy atom. The summed E-state index contributed by atoms with van der Waals surface area (Å²) < 4.78 is 44.5. The summed E-state index contributed by atoms with van der Waals surface area (Å²) in [6.07, 6.45) is 1.93. The number of ether oxygens (including phenoxy) is 4. The maximum atomic E-state index is 12.7. The van der Waals surface area contributed by atoms with Gasteiger partial charge in [-0.05, 0) is 88.2 Å². The van der Waals surface area contributed by atoms with Crippen molar-refractivity contribution in [1.82, 2.24) is 9.71 Å². The van der Waals surface area contributed by atoms with Crippen molar-refractivity contribution in [3.05, 3.63) is 113 Å². The van der Waals surface area contributed by atoms with Crippen LogP contribution in [0.4, 0.5) is 0 Å². The number of fused-ring (bicyclic) bond motifs is 1. The van der Waals surface area contributed by atoms with Crippen LogP contribution < -0.4 is 14.2 Å². The van der Waals surface area contributed by atoms with Crippen LogP contribution in [0.25, 0.3) is 22.1 Å². The van der Waals surface area contributed by atoms with Gasteiger partial charge in [-0.15, -0.1) is 0 Å². The van der Waals surface area contributed by atoms with Crippen LogP contribution in [-0.4, -0.2) is 39.1 Å². The zero-order valence-electron chi connectivity index (χ0n) is 29.7. The molecule has 11 heteroatoms. The molecule has 51 heavy (non-hydrogen) atoms. The van der Waals surface area contributed by atoms with Crippen molar-refractivity contribution in [2.45, 2.75) is 72.0 Å². The molecule has 2 aromatic heterocycles. The highest BCUT2D eigenvalue weighted by Gasteiger charge is 2.20. The second-order valence-corrected chi connectivity index (χ2v) is 14.8. The Morgan fingerprint density at radius 1 is 0.804 bits per heavy atom. The van der Waals surface area contributed by atoms with Gasteiger partial charge in [-0.1, -0.05) is 36.4 Å². The van der Waals surface area contributed by atoms with Crippen molar-refractivity contribution in [3.63, 3.8) is 0 Å². The average Bonchev–Trinajstić information content (AvgIpc) is 3.52. The van der Waals surface area contributed by atoms with E-state index in [1.54, 1.807) is 20.0 Å². The zero-order chi connectivity index (χ0) is 36.4. The summed E-state index contributed by atoms with van der Waals surface area (Å²) in [6, 6.07) is 24.6. The normalized spacial score (nSPS) is 12.0. The van der Waals surface area contributed by atoms with E-state index in [-0.39, 0.29) is 38.0 Å². The first-order chi connectivity index (χ1) is 24.5. The number of nitrogens with one attached hydrogen (secondary N) is 1. The van der Waals surface area contributed by atoms with Gasteiger partial charge >= 0.3 is 11.9 Å². The Hall–Kier alpha value is -5.00. The molecular weight excluding hydrogens is 669 g/mol. The quantitative estimate of drug-likeness (QED) is 0.104. The van der Waals surface area contributed by atoms with Crippen LogP contribution >= 0.6 is 0 Å². The Bertz CT molecular complexity index is 2000. The topological polar surface area (TPSA) is 126 Å². The molecule has 0 aliphatic carbocycles. The molecule has 0 spiro atoms. The predicted molar refractivity (Wildman–Crippen MR) is 196 cm³/mol. The first-order valence-corrected chi connectivity index (χ1v) is 18.1. The number of rotatable bonds is 16. The Balaban J connectivity index is 1.45. The lowest BCUT2D eigenvalue weighted by Crippen LogP contribution is -2.33. The monoisotopic (exact) mass is 712 g/mol. The Morgan fingerprint density at radius 2 is 1.41 bits per heavy atom. The van der Waals surface area contributed by atoms with Crippen molar-refractivity contribution >= 4 is 33.9 Å². The van der Waals surface area contributed by atoms with Crippen molar-refractivity contribution < 1.29 is 37.2 Å². The Kier molecular flexibility index (Phi) is 12.6. The molecule has 1 N–H and O–H groups in total. The minimum Gasteiger partial charge on any atom is -0.489 e. The van der Waals surface area contributed by atoms with E-state index in [9.17, 15) is 13.8 Å². The van der Waals surface area contributed by atoms with Crippen LogP contribution in [0.3, 0.4) is 0 Å². The number of pyridine rings is 1. The second-order valence-electron chi connectivity index (χ2n) is 12.8. The number of aromatic nitrogens is 1. The minimum absolute atomic E-state index is 0.100. The van der Waals surface area contributed by atoms with E-state index in [0.29, 0.717) is 42.6 Å². The summed E-state index contributed by atoms with van der Waals surface area (Å²) in [4.78, 5) is 28.9. The van der Waals surface area contributed by atoms with Crippen LogP contribution in [0.1, 0.15) is 62.8 Å². The van der Waals surface area contributed by atoms with Gasteiger partial charge in [-0.3, -0.25) is 14.6 Å². The van der Waals surface area contributed by atoms with Gasteiger partial charge in [0.25, 0.3) is 0 Å². The molecule has 0 radical (unpaired) electrons. The first kappa shape index (κ1) is 37.3. The Labute approximate surface area is 301 Å². The van der Waals surface area contributed by atoms with E-state index in [0.717, 1.165) is 38.9 Å². The molecule has 0 bridgehead atoms. The number of para-hydroxylation sites is 2. The lowest BCUT2D eigenvalue weighted by Gasteiger charge is -2.18. The van der Waals surface area contributed by atoms with E-state index < -0.39 is 15.7 Å². The number of carbonyl (C=O) groups excluding carboxylic acids is 2. The molecule has 2 heterocycles. The smallest absolute Gasteiger partial charge is 0.310 e. The molecule has 0 saturated heterocycles. The fourth-order valence-electron chi connectivity index (χ4n) is 5.36. The maximum absolute atomic E-state index is 12.7. The predicted octanol–water partition coefficient (Wildman–Crippen LogP) is 7.42. The van der Waals surface area contributed by atoms with Crippen molar-refractivity contribution in [3.8, 4) is 22.6 Å². The minimum atomic E-state index is -1.26. The number of nitrogens with zero attached hydrogens (tertiary/aromatic N) is 1. The summed E-state index contributed by atoms with van der Waals surface area (Å²) in [6.45, 7) is 10.6. The van der Waals surface area contributed by atoms with Gasteiger partial charge in [0, 0.05) is 28.3 Å². The maximum Gasteiger partial charge on any atom is 0.310 e. The molecule has 0 fully saturated rings. The number of benzene rings is 3. The van der Waals surface area contributed by atoms with Gasteiger partial charge in [-0.25, -0.2) is 8.93 Å². The number of hydrogen-bond acceptors (Lipinski definition) is 9. The van der Waals surface area contributed by atoms with E-state index >= 15 is 0 Å². The number of carbonyl (C=O) groups is 2. The fraction of sp³-hybridized carbons (Fsp3) is 0.325. The third kappa shape index (κ3) is 10.3. The van der Waals surface area contributed by atoms with Gasteiger partial charge in [0.05, 0.1) is 54.0 Å². The highest BCUT2D eigenvalue weighted by Crippen LogP contribution is 2.34. The average molecular weight is 713 g/mol. The van der Waals surface area contributed by atoms with Crippen LogP contribution in [0, 0.1) is 0 Å². The third-order valence-corrected chi connectivity index (χ3v) is 9.30. The molecule has 0 aliphatic rings. The summed E-state index contributed by atoms with van der Waals surface area (Å²) in [5.74, 6) is 1.12. The van der Waals surface area contributed by atoms with Gasteiger partial charge in [0.2, 0.25) is 0 Å². The molecule has 0 aliphatic heterocycles. The fourth-order valence-corrected chi connectivity index (χ4v) is 6.07. The largest absolute Gasteiger partial charge is 0.489 e. The van der Waals surface area contributed by atoms with Crippen molar-refractivity contribution in [2.75, 3.05) is 13.2 Å². The zero-order valence-corrected chi connectivity index (χ0v) is 30.5. The first-order valence-electron chi connectivity index (χ1n) is 16.9. The SMILES string of the molecule is CCOC(=O)Cc1ccccc1OCc1cc(-c2ccnc(CN[S@@](=O)C(C)(C)C)c2)c2oc(COc3ccccc3CC(=O)OCC)cc2c1. The van der Waals surface area contributed by atoms with Crippen molar-refractivity contribution in [1.29, 1.82) is 0 Å². The molecule has 0 amide bonds. The molecule has 10 nitrogen and oxygen atoms in total. The number of hydrogen-bond donors (Lipinski definition) is 1. The highest BCUT2D eigenvalue weighted by molar-refractivity contribution is 7.84. The molecule has 1 atom stereocenters. The van der Waals surface area contributed by atoms with Crippen LogP contribution in [-0.2, 0) is 62.6 Å².